The molecular weight excluding hydrogens is 112 g/mol. The maximum atomic E-state index is 8.00. The van der Waals surface area contributed by atoms with Crippen LogP contribution in [0.1, 0.15) is 2.85 Å². The molecule has 0 atom stereocenters. The Bertz CT molecular complexity index is 11.5. The van der Waals surface area contributed by atoms with Crippen molar-refractivity contribution < 1.29 is 28.1 Å². The zero-order valence-electron chi connectivity index (χ0n) is 3.97. The topological polar surface area (TPSA) is 48.6 Å². The fourth-order valence-corrected chi connectivity index (χ4v) is 0. The molecule has 0 rings (SSSR count). The van der Waals surface area contributed by atoms with Crippen LogP contribution in [0, 0.1) is 0 Å². The molecular formula is H4FeMgO2. The molecule has 0 aliphatic heterocycles. The summed E-state index contributed by atoms with van der Waals surface area (Å²) in [7, 11) is 0. The van der Waals surface area contributed by atoms with Crippen LogP contribution in [0.25, 0.3) is 0 Å². The first kappa shape index (κ1) is 19.7. The average Bonchev–Trinajstić information content (AvgIpc) is 1.00. The van der Waals surface area contributed by atoms with E-state index in [1.807, 2.05) is 15.9 Å². The molecule has 0 aromatic rings. The normalized spacial score (nSPS) is 1.25. The summed E-state index contributed by atoms with van der Waals surface area (Å²) in [5.41, 5.74) is 0. The van der Waals surface area contributed by atoms with Gasteiger partial charge in [0.15, 0.2) is 0 Å². The van der Waals surface area contributed by atoms with Gasteiger partial charge in [0.1, 0.15) is 0 Å². The van der Waals surface area contributed by atoms with E-state index in [2.05, 4.69) is 0 Å². The second-order valence-corrected chi connectivity index (χ2v) is 0. The number of hydrogen-bond acceptors (Lipinski definition) is 1. The predicted octanol–water partition coefficient (Wildman–Crippen LogP) is -1.10. The Morgan fingerprint density at radius 1 is 1.50 bits per heavy atom. The molecule has 0 aliphatic carbocycles. The van der Waals surface area contributed by atoms with E-state index in [1.54, 1.807) is 0 Å². The standard InChI is InChI=1S/Fe.Mg.H2O.O.2H/h;;1H2;;;/q;+2;;;2*-1. The molecule has 0 saturated carbocycles. The van der Waals surface area contributed by atoms with Crippen LogP contribution in [-0.2, 0) is 19.8 Å². The summed E-state index contributed by atoms with van der Waals surface area (Å²) in [5.74, 6) is 0. The van der Waals surface area contributed by atoms with Crippen LogP contribution in [0.4, 0.5) is 0 Å². The third-order valence-electron chi connectivity index (χ3n) is 0. The van der Waals surface area contributed by atoms with Gasteiger partial charge in [0.2, 0.25) is 0 Å². The molecule has 0 aromatic heterocycles. The SMILES string of the molecule is O.[H-].[H-].[Mg+2].[O]=[Fe]. The van der Waals surface area contributed by atoms with E-state index in [4.69, 9.17) is 3.83 Å². The molecule has 0 unspecified atom stereocenters. The van der Waals surface area contributed by atoms with Crippen molar-refractivity contribution in [3.05, 3.63) is 0 Å². The van der Waals surface area contributed by atoms with E-state index >= 15 is 0 Å². The van der Waals surface area contributed by atoms with Gasteiger partial charge < -0.3 is 8.33 Å². The Kier molecular flexibility index (Phi) is 169. The van der Waals surface area contributed by atoms with Gasteiger partial charge >= 0.3 is 42.8 Å². The zero-order chi connectivity index (χ0) is 2.00. The van der Waals surface area contributed by atoms with Crippen LogP contribution in [0.2, 0.25) is 0 Å². The zero-order valence-corrected chi connectivity index (χ0v) is 4.49. The number of rotatable bonds is 0. The van der Waals surface area contributed by atoms with Gasteiger partial charge in [0.05, 0.1) is 0 Å². The second kappa shape index (κ2) is 34.3. The van der Waals surface area contributed by atoms with Crippen LogP contribution < -0.4 is 0 Å². The fourth-order valence-electron chi connectivity index (χ4n) is 0. The molecule has 0 amide bonds. The first-order valence-corrected chi connectivity index (χ1v) is 0.595. The minimum atomic E-state index is 0. The van der Waals surface area contributed by atoms with Crippen molar-refractivity contribution in [2.75, 3.05) is 0 Å². The van der Waals surface area contributed by atoms with Crippen LogP contribution >= 0.6 is 0 Å². The summed E-state index contributed by atoms with van der Waals surface area (Å²) < 4.78 is 8.00. The molecule has 0 aromatic carbocycles. The average molecular weight is 116 g/mol. The second-order valence-electron chi connectivity index (χ2n) is 0. The predicted molar refractivity (Wildman–Crippen MR) is 12.3 cm³/mol. The summed E-state index contributed by atoms with van der Waals surface area (Å²) in [5, 5.41) is 0. The van der Waals surface area contributed by atoms with Gasteiger partial charge in [-0.05, 0) is 0 Å². The summed E-state index contributed by atoms with van der Waals surface area (Å²) in [6, 6.07) is 0. The van der Waals surface area contributed by atoms with Gasteiger partial charge in [-0.3, -0.25) is 0 Å². The van der Waals surface area contributed by atoms with Gasteiger partial charge in [0.25, 0.3) is 0 Å². The molecule has 0 saturated heterocycles. The third kappa shape index (κ3) is 11.7. The minimum absolute atomic E-state index is 0. The van der Waals surface area contributed by atoms with Crippen molar-refractivity contribution >= 4 is 23.1 Å². The van der Waals surface area contributed by atoms with Crippen molar-refractivity contribution in [2.24, 2.45) is 0 Å². The summed E-state index contributed by atoms with van der Waals surface area (Å²) >= 11 is 2.00. The van der Waals surface area contributed by atoms with Gasteiger partial charge in [-0.1, -0.05) is 0 Å². The molecule has 0 radical (unpaired) electrons. The first-order valence-electron chi connectivity index (χ1n) is 0.144. The van der Waals surface area contributed by atoms with E-state index in [0.29, 0.717) is 0 Å². The Morgan fingerprint density at radius 3 is 1.50 bits per heavy atom. The van der Waals surface area contributed by atoms with Gasteiger partial charge in [-0.2, -0.15) is 0 Å². The van der Waals surface area contributed by atoms with E-state index in [-0.39, 0.29) is 31.4 Å². The van der Waals surface area contributed by atoms with E-state index < -0.39 is 0 Å². The molecule has 26 valence electrons. The molecule has 0 heterocycles. The molecule has 4 heteroatoms. The molecule has 0 bridgehead atoms. The van der Waals surface area contributed by atoms with Gasteiger partial charge in [-0.25, -0.2) is 0 Å². The molecule has 0 fully saturated rings. The van der Waals surface area contributed by atoms with E-state index in [9.17, 15) is 0 Å². The monoisotopic (exact) mass is 116 g/mol. The van der Waals surface area contributed by atoms with Crippen LogP contribution in [0.15, 0.2) is 0 Å². The summed E-state index contributed by atoms with van der Waals surface area (Å²) in [6.07, 6.45) is 0. The molecule has 0 aliphatic rings. The van der Waals surface area contributed by atoms with Crippen LogP contribution in [0.3, 0.4) is 0 Å². The Labute approximate surface area is 51.4 Å². The third-order valence-corrected chi connectivity index (χ3v) is 0. The fraction of sp³-hybridized carbons (Fsp3) is 0. The Morgan fingerprint density at radius 2 is 1.50 bits per heavy atom. The van der Waals surface area contributed by atoms with Crippen molar-refractivity contribution in [3.8, 4) is 0 Å². The van der Waals surface area contributed by atoms with Crippen LogP contribution in [-0.4, -0.2) is 28.5 Å². The molecule has 2 nitrogen and oxygen atoms in total. The van der Waals surface area contributed by atoms with E-state index in [0.717, 1.165) is 0 Å². The van der Waals surface area contributed by atoms with Crippen molar-refractivity contribution in [3.63, 3.8) is 0 Å². The van der Waals surface area contributed by atoms with Crippen molar-refractivity contribution in [1.29, 1.82) is 0 Å². The molecule has 2 N–H and O–H groups in total. The number of hydrogen-bond donors (Lipinski definition) is 0. The maximum absolute atomic E-state index is 8.00. The van der Waals surface area contributed by atoms with Crippen molar-refractivity contribution in [2.45, 2.75) is 0 Å². The van der Waals surface area contributed by atoms with Crippen molar-refractivity contribution in [1.82, 2.24) is 0 Å². The first-order chi connectivity index (χ1) is 1.00. The Balaban J connectivity index is -0.000000000833. The quantitative estimate of drug-likeness (QED) is 0.370. The molecule has 0 spiro atoms. The summed E-state index contributed by atoms with van der Waals surface area (Å²) in [6.45, 7) is 0. The molecule has 4 heavy (non-hydrogen) atoms. The van der Waals surface area contributed by atoms with Gasteiger partial charge in [0, 0.05) is 0 Å². The van der Waals surface area contributed by atoms with Crippen LogP contribution in [0.5, 0.6) is 0 Å². The Hall–Kier alpha value is 1.05. The van der Waals surface area contributed by atoms with Gasteiger partial charge in [-0.15, -0.1) is 0 Å². The summed E-state index contributed by atoms with van der Waals surface area (Å²) in [4.78, 5) is 0. The van der Waals surface area contributed by atoms with E-state index in [1.165, 1.54) is 0 Å².